The van der Waals surface area contributed by atoms with Gasteiger partial charge in [0.1, 0.15) is 0 Å². The van der Waals surface area contributed by atoms with Crippen LogP contribution in [0, 0.1) is 13.8 Å². The zero-order valence-electron chi connectivity index (χ0n) is 14.4. The fourth-order valence-corrected chi connectivity index (χ4v) is 3.61. The quantitative estimate of drug-likeness (QED) is 0.398. The van der Waals surface area contributed by atoms with Gasteiger partial charge in [-0.3, -0.25) is 0 Å². The summed E-state index contributed by atoms with van der Waals surface area (Å²) in [5.41, 5.74) is 7.96. The van der Waals surface area contributed by atoms with E-state index < -0.39 is 0 Å². The van der Waals surface area contributed by atoms with E-state index in [2.05, 4.69) is 21.2 Å². The maximum Gasteiger partial charge on any atom is 0.0646 e. The molecule has 3 nitrogen and oxygen atoms in total. The van der Waals surface area contributed by atoms with Crippen molar-refractivity contribution in [3.63, 3.8) is 0 Å². The van der Waals surface area contributed by atoms with Crippen molar-refractivity contribution in [3.8, 4) is 5.69 Å². The van der Waals surface area contributed by atoms with Crippen molar-refractivity contribution in [2.45, 2.75) is 20.4 Å². The first-order valence-electron chi connectivity index (χ1n) is 8.11. The molecule has 0 aliphatic heterocycles. The highest BCUT2D eigenvalue weighted by Crippen LogP contribution is 2.26. The Hall–Kier alpha value is -1.94. The molecule has 134 valence electrons. The number of benzene rings is 2. The predicted octanol–water partition coefficient (Wildman–Crippen LogP) is 6.18. The molecule has 0 saturated carbocycles. The predicted molar refractivity (Wildman–Crippen MR) is 111 cm³/mol. The van der Waals surface area contributed by atoms with Crippen molar-refractivity contribution in [1.29, 1.82) is 0 Å². The van der Waals surface area contributed by atoms with Crippen molar-refractivity contribution < 1.29 is 0 Å². The van der Waals surface area contributed by atoms with Gasteiger partial charge in [0.05, 0.1) is 23.5 Å². The fourth-order valence-electron chi connectivity index (χ4n) is 2.86. The summed E-state index contributed by atoms with van der Waals surface area (Å²) in [5, 5.41) is 6.27. The van der Waals surface area contributed by atoms with Crippen LogP contribution in [0.2, 0.25) is 15.1 Å². The van der Waals surface area contributed by atoms with Gasteiger partial charge in [0, 0.05) is 32.6 Å². The highest BCUT2D eigenvalue weighted by Gasteiger charge is 2.11. The van der Waals surface area contributed by atoms with Crippen molar-refractivity contribution in [2.75, 3.05) is 0 Å². The molecule has 1 heterocycles. The summed E-state index contributed by atoms with van der Waals surface area (Å²) in [5.74, 6) is 0. The van der Waals surface area contributed by atoms with Gasteiger partial charge in [-0.25, -0.2) is 0 Å². The molecule has 3 aromatic rings. The van der Waals surface area contributed by atoms with E-state index in [-0.39, 0.29) is 0 Å². The van der Waals surface area contributed by atoms with Crippen LogP contribution in [0.4, 0.5) is 0 Å². The second kappa shape index (κ2) is 8.17. The van der Waals surface area contributed by atoms with Crippen LogP contribution in [0.25, 0.3) is 5.69 Å². The van der Waals surface area contributed by atoms with Gasteiger partial charge in [-0.2, -0.15) is 5.10 Å². The van der Waals surface area contributed by atoms with Crippen LogP contribution in [0.1, 0.15) is 22.5 Å². The van der Waals surface area contributed by atoms with Crippen LogP contribution >= 0.6 is 34.8 Å². The van der Waals surface area contributed by atoms with Crippen molar-refractivity contribution in [1.82, 2.24) is 9.99 Å². The van der Waals surface area contributed by atoms with E-state index in [4.69, 9.17) is 34.8 Å². The molecule has 1 N–H and O–H groups in total. The minimum atomic E-state index is 0.457. The Labute approximate surface area is 168 Å². The molecule has 0 amide bonds. The highest BCUT2D eigenvalue weighted by molar-refractivity contribution is 6.36. The maximum atomic E-state index is 6.34. The zero-order valence-corrected chi connectivity index (χ0v) is 16.7. The number of nitrogens with zero attached hydrogens (tertiary/aromatic N) is 2. The Balaban J connectivity index is 1.78. The molecule has 0 atom stereocenters. The Morgan fingerprint density at radius 3 is 2.31 bits per heavy atom. The van der Waals surface area contributed by atoms with E-state index in [1.807, 2.05) is 56.3 Å². The molecular weight excluding hydrogens is 389 g/mol. The summed E-state index contributed by atoms with van der Waals surface area (Å²) in [4.78, 5) is 0. The number of aryl methyl sites for hydroxylation is 1. The van der Waals surface area contributed by atoms with E-state index in [0.29, 0.717) is 21.6 Å². The number of rotatable bonds is 5. The Morgan fingerprint density at radius 2 is 1.62 bits per heavy atom. The highest BCUT2D eigenvalue weighted by atomic mass is 35.5. The van der Waals surface area contributed by atoms with Crippen molar-refractivity contribution in [2.24, 2.45) is 5.10 Å². The van der Waals surface area contributed by atoms with E-state index >= 15 is 0 Å². The standard InChI is InChI=1S/C20H18Cl3N3/c1-13-10-15(14(2)26(13)20-9-4-3-6-19(20)23)11-24-25-12-16-17(21)7-5-8-18(16)22/h3-11,25H,12H2,1-2H3/b24-11-. The lowest BCUT2D eigenvalue weighted by molar-refractivity contribution is 0.748. The second-order valence-corrected chi connectivity index (χ2v) is 7.13. The van der Waals surface area contributed by atoms with Crippen molar-refractivity contribution in [3.05, 3.63) is 86.1 Å². The molecule has 0 saturated heterocycles. The van der Waals surface area contributed by atoms with Gasteiger partial charge in [-0.05, 0) is 44.2 Å². The monoisotopic (exact) mass is 405 g/mol. The SMILES string of the molecule is Cc1cc(/C=N\NCc2c(Cl)cccc2Cl)c(C)n1-c1ccccc1Cl. The molecule has 0 fully saturated rings. The zero-order chi connectivity index (χ0) is 18.7. The number of para-hydroxylation sites is 1. The third kappa shape index (κ3) is 3.90. The average molecular weight is 407 g/mol. The number of hydrogen-bond acceptors (Lipinski definition) is 2. The first-order chi connectivity index (χ1) is 12.5. The lowest BCUT2D eigenvalue weighted by Gasteiger charge is -2.11. The molecule has 1 aromatic heterocycles. The number of hydrogen-bond donors (Lipinski definition) is 1. The first kappa shape index (κ1) is 18.8. The summed E-state index contributed by atoms with van der Waals surface area (Å²) >= 11 is 18.7. The Kier molecular flexibility index (Phi) is 5.92. The molecule has 0 aliphatic rings. The van der Waals surface area contributed by atoms with Gasteiger partial charge in [-0.15, -0.1) is 0 Å². The molecule has 3 rings (SSSR count). The lowest BCUT2D eigenvalue weighted by Crippen LogP contribution is -2.07. The van der Waals surface area contributed by atoms with E-state index in [9.17, 15) is 0 Å². The van der Waals surface area contributed by atoms with Crippen LogP contribution in [0.15, 0.2) is 53.6 Å². The van der Waals surface area contributed by atoms with Crippen LogP contribution in [0.3, 0.4) is 0 Å². The van der Waals surface area contributed by atoms with E-state index in [1.54, 1.807) is 6.21 Å². The lowest BCUT2D eigenvalue weighted by atomic mass is 10.2. The van der Waals surface area contributed by atoms with E-state index in [0.717, 1.165) is 28.2 Å². The normalized spacial score (nSPS) is 11.3. The summed E-state index contributed by atoms with van der Waals surface area (Å²) in [6.07, 6.45) is 1.79. The second-order valence-electron chi connectivity index (χ2n) is 5.91. The minimum Gasteiger partial charge on any atom is -0.316 e. The van der Waals surface area contributed by atoms with Crippen LogP contribution in [0.5, 0.6) is 0 Å². The van der Waals surface area contributed by atoms with Gasteiger partial charge in [0.2, 0.25) is 0 Å². The number of halogens is 3. The van der Waals surface area contributed by atoms with Crippen LogP contribution in [-0.2, 0) is 6.54 Å². The summed E-state index contributed by atoms with van der Waals surface area (Å²) < 4.78 is 2.12. The van der Waals surface area contributed by atoms with Gasteiger partial charge < -0.3 is 9.99 Å². The van der Waals surface area contributed by atoms with Gasteiger partial charge in [0.15, 0.2) is 0 Å². The van der Waals surface area contributed by atoms with E-state index in [1.165, 1.54) is 0 Å². The average Bonchev–Trinajstić information content (AvgIpc) is 2.88. The molecule has 2 aromatic carbocycles. The Morgan fingerprint density at radius 1 is 0.962 bits per heavy atom. The van der Waals surface area contributed by atoms with Crippen LogP contribution < -0.4 is 5.43 Å². The summed E-state index contributed by atoms with van der Waals surface area (Å²) in [6, 6.07) is 15.3. The largest absolute Gasteiger partial charge is 0.316 e. The topological polar surface area (TPSA) is 29.3 Å². The summed E-state index contributed by atoms with van der Waals surface area (Å²) in [6.45, 7) is 4.55. The molecule has 6 heteroatoms. The summed E-state index contributed by atoms with van der Waals surface area (Å²) in [7, 11) is 0. The molecule has 26 heavy (non-hydrogen) atoms. The van der Waals surface area contributed by atoms with Gasteiger partial charge in [0.25, 0.3) is 0 Å². The minimum absolute atomic E-state index is 0.457. The smallest absolute Gasteiger partial charge is 0.0646 e. The molecule has 0 spiro atoms. The van der Waals surface area contributed by atoms with Crippen LogP contribution in [-0.4, -0.2) is 10.8 Å². The van der Waals surface area contributed by atoms with Gasteiger partial charge >= 0.3 is 0 Å². The number of aromatic nitrogens is 1. The van der Waals surface area contributed by atoms with Gasteiger partial charge in [-0.1, -0.05) is 53.0 Å². The molecule has 0 unspecified atom stereocenters. The number of nitrogens with one attached hydrogen (secondary N) is 1. The third-order valence-corrected chi connectivity index (χ3v) is 5.20. The fraction of sp³-hybridized carbons (Fsp3) is 0.150. The maximum absolute atomic E-state index is 6.34. The molecule has 0 bridgehead atoms. The molecule has 0 radical (unpaired) electrons. The third-order valence-electron chi connectivity index (χ3n) is 4.18. The molecular formula is C20H18Cl3N3. The molecule has 0 aliphatic carbocycles. The van der Waals surface area contributed by atoms with Crippen molar-refractivity contribution >= 4 is 41.0 Å². The first-order valence-corrected chi connectivity index (χ1v) is 9.25. The number of hydrazone groups is 1. The Bertz CT molecular complexity index is 941.